The van der Waals surface area contributed by atoms with E-state index in [1.807, 2.05) is 0 Å². The average molecular weight is 217 g/mol. The molecule has 0 fully saturated rings. The predicted molar refractivity (Wildman–Crippen MR) is 31.1 cm³/mol. The van der Waals surface area contributed by atoms with Crippen LogP contribution in [0.1, 0.15) is 6.42 Å². The second-order valence-electron chi connectivity index (χ2n) is 1.80. The van der Waals surface area contributed by atoms with Gasteiger partial charge in [0.2, 0.25) is 6.43 Å². The van der Waals surface area contributed by atoms with Gasteiger partial charge in [-0.05, 0) is 11.6 Å². The highest BCUT2D eigenvalue weighted by molar-refractivity contribution is 6.32. The Morgan fingerprint density at radius 3 is 1.55 bits per heavy atom. The van der Waals surface area contributed by atoms with Crippen molar-refractivity contribution >= 4 is 23.2 Å². The lowest BCUT2D eigenvalue weighted by molar-refractivity contribution is -0.0500. The van der Waals surface area contributed by atoms with Crippen molar-refractivity contribution in [3.8, 4) is 0 Å². The van der Waals surface area contributed by atoms with Crippen molar-refractivity contribution in [1.82, 2.24) is 0 Å². The van der Waals surface area contributed by atoms with Gasteiger partial charge in [-0.3, -0.25) is 0 Å². The fourth-order valence-corrected chi connectivity index (χ4v) is 0.503. The average Bonchev–Trinajstić information content (AvgIpc) is 1.56. The van der Waals surface area contributed by atoms with Crippen LogP contribution in [0.15, 0.2) is 0 Å². The zero-order valence-corrected chi connectivity index (χ0v) is 6.44. The van der Waals surface area contributed by atoms with Crippen molar-refractivity contribution < 1.29 is 22.0 Å². The van der Waals surface area contributed by atoms with Gasteiger partial charge in [-0.15, -0.1) is 0 Å². The van der Waals surface area contributed by atoms with Gasteiger partial charge in [-0.25, -0.2) is 13.2 Å². The summed E-state index contributed by atoms with van der Waals surface area (Å²) in [7, 11) is 0. The Bertz CT molecular complexity index is 129. The topological polar surface area (TPSA) is 0 Å². The number of alkyl halides is 7. The van der Waals surface area contributed by atoms with Crippen LogP contribution in [0.3, 0.4) is 0 Å². The van der Waals surface area contributed by atoms with E-state index in [0.717, 1.165) is 0 Å². The molecule has 1 unspecified atom stereocenters. The molecule has 1 atom stereocenters. The Hall–Kier alpha value is 0.230. The molecule has 0 aliphatic rings. The first-order valence-corrected chi connectivity index (χ1v) is 3.15. The smallest absolute Gasteiger partial charge is 0.218 e. The summed E-state index contributed by atoms with van der Waals surface area (Å²) in [5.74, 6) is 0. The van der Waals surface area contributed by atoms with Gasteiger partial charge in [0.25, 0.3) is 5.13 Å². The minimum absolute atomic E-state index is 1.80. The molecule has 0 aromatic carbocycles. The van der Waals surface area contributed by atoms with Gasteiger partial charge in [0.05, 0.1) is 6.42 Å². The van der Waals surface area contributed by atoms with E-state index in [9.17, 15) is 22.0 Å². The van der Waals surface area contributed by atoms with Gasteiger partial charge >= 0.3 is 5.38 Å². The normalized spacial score (nSPS) is 18.5. The van der Waals surface area contributed by atoms with Crippen LogP contribution in [0.25, 0.3) is 0 Å². The Morgan fingerprint density at radius 1 is 1.09 bits per heavy atom. The Morgan fingerprint density at radius 2 is 1.45 bits per heavy atom. The van der Waals surface area contributed by atoms with E-state index >= 15 is 0 Å². The Balaban J connectivity index is 4.22. The van der Waals surface area contributed by atoms with Crippen molar-refractivity contribution in [1.29, 1.82) is 0 Å². The zero-order valence-electron chi connectivity index (χ0n) is 4.93. The van der Waals surface area contributed by atoms with Gasteiger partial charge in [-0.1, -0.05) is 11.6 Å². The van der Waals surface area contributed by atoms with E-state index in [1.165, 1.54) is 0 Å². The highest BCUT2D eigenvalue weighted by Gasteiger charge is 2.53. The minimum Gasteiger partial charge on any atom is -0.218 e. The predicted octanol–water partition coefficient (Wildman–Crippen LogP) is 3.38. The van der Waals surface area contributed by atoms with Crippen LogP contribution >= 0.6 is 23.2 Å². The first kappa shape index (κ1) is 11.2. The van der Waals surface area contributed by atoms with Crippen LogP contribution in [-0.2, 0) is 0 Å². The fraction of sp³-hybridized carbons (Fsp3) is 1.00. The summed E-state index contributed by atoms with van der Waals surface area (Å²) < 4.78 is 58.5. The molecule has 0 rings (SSSR count). The van der Waals surface area contributed by atoms with Crippen molar-refractivity contribution in [2.75, 3.05) is 0 Å². The molecule has 0 spiro atoms. The van der Waals surface area contributed by atoms with Gasteiger partial charge in [-0.2, -0.15) is 8.78 Å². The minimum atomic E-state index is -4.48. The summed E-state index contributed by atoms with van der Waals surface area (Å²) in [4.78, 5) is 0. The van der Waals surface area contributed by atoms with Crippen LogP contribution in [0, 0.1) is 0 Å². The number of hydrogen-bond donors (Lipinski definition) is 0. The molecule has 0 aliphatic heterocycles. The summed E-state index contributed by atoms with van der Waals surface area (Å²) in [6, 6.07) is 0. The molecule has 7 heteroatoms. The Kier molecular flexibility index (Phi) is 3.38. The van der Waals surface area contributed by atoms with E-state index < -0.39 is 23.4 Å². The quantitative estimate of drug-likeness (QED) is 0.502. The molecule has 0 aromatic rings. The van der Waals surface area contributed by atoms with E-state index in [2.05, 4.69) is 23.2 Å². The highest BCUT2D eigenvalue weighted by Crippen LogP contribution is 2.43. The molecule has 0 aromatic heterocycles. The van der Waals surface area contributed by atoms with E-state index in [1.54, 1.807) is 0 Å². The van der Waals surface area contributed by atoms with E-state index in [4.69, 9.17) is 0 Å². The molecule has 0 heterocycles. The molecule has 68 valence electrons. The molecule has 0 nitrogen and oxygen atoms in total. The van der Waals surface area contributed by atoms with Crippen LogP contribution in [-0.4, -0.2) is 16.9 Å². The van der Waals surface area contributed by atoms with Crippen molar-refractivity contribution in [3.05, 3.63) is 0 Å². The van der Waals surface area contributed by atoms with Gasteiger partial charge < -0.3 is 0 Å². The van der Waals surface area contributed by atoms with Crippen LogP contribution in [0.2, 0.25) is 0 Å². The standard InChI is InChI=1S/C4H3Cl2F5/c5-3(9,1-2(7)8)4(6,10)11/h2H,1H2. The summed E-state index contributed by atoms with van der Waals surface area (Å²) >= 11 is 8.47. The lowest BCUT2D eigenvalue weighted by Gasteiger charge is -2.21. The molecule has 0 bridgehead atoms. The number of rotatable bonds is 3. The maximum Gasteiger partial charge on any atom is 0.369 e. The molecule has 0 aliphatic carbocycles. The fourth-order valence-electron chi connectivity index (χ4n) is 0.310. The monoisotopic (exact) mass is 216 g/mol. The molecule has 11 heavy (non-hydrogen) atoms. The summed E-state index contributed by atoms with van der Waals surface area (Å²) in [6.07, 6.45) is -5.06. The van der Waals surface area contributed by atoms with Crippen molar-refractivity contribution in [3.63, 3.8) is 0 Å². The molecule has 0 N–H and O–H groups in total. The second kappa shape index (κ2) is 3.31. The van der Waals surface area contributed by atoms with E-state index in [0.29, 0.717) is 0 Å². The van der Waals surface area contributed by atoms with Crippen LogP contribution in [0.4, 0.5) is 22.0 Å². The van der Waals surface area contributed by atoms with Crippen molar-refractivity contribution in [2.45, 2.75) is 23.4 Å². The summed E-state index contributed by atoms with van der Waals surface area (Å²) in [5.41, 5.74) is 0. The maximum absolute atomic E-state index is 12.3. The van der Waals surface area contributed by atoms with Gasteiger partial charge in [0.15, 0.2) is 0 Å². The lowest BCUT2D eigenvalue weighted by atomic mass is 10.3. The molecule has 0 amide bonds. The molecular formula is C4H3Cl2F5. The Labute approximate surface area is 69.3 Å². The second-order valence-corrected chi connectivity index (χ2v) is 2.87. The summed E-state index contributed by atoms with van der Waals surface area (Å²) in [6.45, 7) is 0. The maximum atomic E-state index is 12.3. The van der Waals surface area contributed by atoms with Crippen LogP contribution in [0.5, 0.6) is 0 Å². The number of hydrogen-bond acceptors (Lipinski definition) is 0. The molecule has 0 radical (unpaired) electrons. The third-order valence-corrected chi connectivity index (χ3v) is 1.61. The molecular weight excluding hydrogens is 214 g/mol. The van der Waals surface area contributed by atoms with Crippen molar-refractivity contribution in [2.24, 2.45) is 0 Å². The highest BCUT2D eigenvalue weighted by atomic mass is 35.5. The van der Waals surface area contributed by atoms with Crippen LogP contribution < -0.4 is 0 Å². The molecule has 0 saturated heterocycles. The van der Waals surface area contributed by atoms with Gasteiger partial charge in [0, 0.05) is 0 Å². The third-order valence-electron chi connectivity index (χ3n) is 0.825. The first-order valence-electron chi connectivity index (χ1n) is 2.39. The summed E-state index contributed by atoms with van der Waals surface area (Å²) in [5, 5.41) is -8.37. The zero-order chi connectivity index (χ0) is 9.28. The first-order chi connectivity index (χ1) is 4.67. The largest absolute Gasteiger partial charge is 0.369 e. The SMILES string of the molecule is FC(F)CC(F)(Cl)C(F)(F)Cl. The number of halogens is 7. The van der Waals surface area contributed by atoms with Gasteiger partial charge in [0.1, 0.15) is 0 Å². The lowest BCUT2D eigenvalue weighted by Crippen LogP contribution is -2.35. The molecule has 0 saturated carbocycles. The van der Waals surface area contributed by atoms with E-state index in [-0.39, 0.29) is 0 Å². The third kappa shape index (κ3) is 3.42.